The van der Waals surface area contributed by atoms with Crippen LogP contribution in [-0.2, 0) is 0 Å². The molecule has 0 saturated carbocycles. The van der Waals surface area contributed by atoms with E-state index in [2.05, 4.69) is 10.7 Å². The van der Waals surface area contributed by atoms with E-state index in [1.54, 1.807) is 18.2 Å². The van der Waals surface area contributed by atoms with Crippen molar-refractivity contribution in [3.8, 4) is 11.5 Å². The van der Waals surface area contributed by atoms with E-state index >= 15 is 0 Å². The van der Waals surface area contributed by atoms with Gasteiger partial charge in [0.05, 0.1) is 20.8 Å². The number of carbonyl (C=O) groups excluding carboxylic acids is 1. The minimum Gasteiger partial charge on any atom is -0.493 e. The van der Waals surface area contributed by atoms with Crippen molar-refractivity contribution in [2.24, 2.45) is 5.84 Å². The van der Waals surface area contributed by atoms with Gasteiger partial charge in [0.25, 0.3) is 5.91 Å². The summed E-state index contributed by atoms with van der Waals surface area (Å²) in [5, 5.41) is 11.7. The zero-order chi connectivity index (χ0) is 13.5. The van der Waals surface area contributed by atoms with E-state index in [9.17, 15) is 4.79 Å². The van der Waals surface area contributed by atoms with Gasteiger partial charge in [0.2, 0.25) is 0 Å². The summed E-state index contributed by atoms with van der Waals surface area (Å²) in [4.78, 5) is 11.7. The Bertz CT molecular complexity index is 411. The maximum Gasteiger partial charge on any atom is 0.251 e. The zero-order valence-corrected chi connectivity index (χ0v) is 10.3. The van der Waals surface area contributed by atoms with E-state index in [1.165, 1.54) is 14.2 Å². The number of aliphatic hydroxyl groups is 1. The molecule has 1 rings (SSSR count). The van der Waals surface area contributed by atoms with Gasteiger partial charge >= 0.3 is 0 Å². The van der Waals surface area contributed by atoms with Crippen LogP contribution in [0.4, 0.5) is 0 Å². The maximum absolute atomic E-state index is 11.7. The minimum absolute atomic E-state index is 0.00365. The SMILES string of the molecule is COc1ccc(C(=O)NCC(O)NN)cc1OC. The largest absolute Gasteiger partial charge is 0.493 e. The number of rotatable bonds is 6. The first-order valence-corrected chi connectivity index (χ1v) is 5.26. The Morgan fingerprint density at radius 1 is 1.39 bits per heavy atom. The predicted molar refractivity (Wildman–Crippen MR) is 65.2 cm³/mol. The van der Waals surface area contributed by atoms with Crippen LogP contribution in [0.25, 0.3) is 0 Å². The van der Waals surface area contributed by atoms with Crippen molar-refractivity contribution in [2.45, 2.75) is 6.23 Å². The van der Waals surface area contributed by atoms with Crippen LogP contribution in [0.15, 0.2) is 18.2 Å². The van der Waals surface area contributed by atoms with Crippen LogP contribution in [0.1, 0.15) is 10.4 Å². The second-order valence-corrected chi connectivity index (χ2v) is 3.46. The molecule has 1 unspecified atom stereocenters. The van der Waals surface area contributed by atoms with Crippen LogP contribution < -0.4 is 26.1 Å². The Morgan fingerprint density at radius 2 is 2.06 bits per heavy atom. The highest BCUT2D eigenvalue weighted by Crippen LogP contribution is 2.27. The maximum atomic E-state index is 11.7. The van der Waals surface area contributed by atoms with Gasteiger partial charge in [-0.05, 0) is 18.2 Å². The molecule has 1 aromatic rings. The zero-order valence-electron chi connectivity index (χ0n) is 10.3. The van der Waals surface area contributed by atoms with Gasteiger partial charge in [0, 0.05) is 5.56 Å². The van der Waals surface area contributed by atoms with Gasteiger partial charge in [-0.25, -0.2) is 5.43 Å². The van der Waals surface area contributed by atoms with Gasteiger partial charge in [-0.3, -0.25) is 10.6 Å². The summed E-state index contributed by atoms with van der Waals surface area (Å²) in [6, 6.07) is 4.78. The van der Waals surface area contributed by atoms with Crippen molar-refractivity contribution < 1.29 is 19.4 Å². The van der Waals surface area contributed by atoms with Gasteiger partial charge in [-0.15, -0.1) is 0 Å². The normalized spacial score (nSPS) is 11.8. The molecular formula is C11H17N3O4. The van der Waals surface area contributed by atoms with E-state index < -0.39 is 6.23 Å². The molecule has 0 aromatic heterocycles. The Labute approximate surface area is 105 Å². The quantitative estimate of drug-likeness (QED) is 0.302. The molecule has 1 amide bonds. The van der Waals surface area contributed by atoms with Crippen LogP contribution >= 0.6 is 0 Å². The Kier molecular flexibility index (Phi) is 5.37. The van der Waals surface area contributed by atoms with Crippen molar-refractivity contribution in [2.75, 3.05) is 20.8 Å². The fourth-order valence-electron chi connectivity index (χ4n) is 1.33. The van der Waals surface area contributed by atoms with Crippen LogP contribution in [0, 0.1) is 0 Å². The molecule has 0 aliphatic heterocycles. The van der Waals surface area contributed by atoms with E-state index in [4.69, 9.17) is 20.4 Å². The summed E-state index contributed by atoms with van der Waals surface area (Å²) in [7, 11) is 3.00. The summed E-state index contributed by atoms with van der Waals surface area (Å²) in [6.07, 6.45) is -0.992. The molecule has 0 aliphatic rings. The predicted octanol–water partition coefficient (Wildman–Crippen LogP) is -0.785. The molecule has 1 atom stereocenters. The Balaban J connectivity index is 2.74. The minimum atomic E-state index is -0.992. The van der Waals surface area contributed by atoms with Crippen molar-refractivity contribution in [1.29, 1.82) is 0 Å². The molecule has 1 aromatic carbocycles. The molecule has 18 heavy (non-hydrogen) atoms. The second kappa shape index (κ2) is 6.80. The van der Waals surface area contributed by atoms with Gasteiger partial charge in [-0.2, -0.15) is 0 Å². The number of hydrogen-bond acceptors (Lipinski definition) is 6. The lowest BCUT2D eigenvalue weighted by Crippen LogP contribution is -2.44. The number of methoxy groups -OCH3 is 2. The average Bonchev–Trinajstić information content (AvgIpc) is 2.43. The fraction of sp³-hybridized carbons (Fsp3) is 0.364. The number of hydrazine groups is 1. The number of nitrogens with one attached hydrogen (secondary N) is 2. The highest BCUT2D eigenvalue weighted by Gasteiger charge is 2.11. The van der Waals surface area contributed by atoms with E-state index in [-0.39, 0.29) is 12.5 Å². The first-order chi connectivity index (χ1) is 8.62. The molecular weight excluding hydrogens is 238 g/mol. The molecule has 0 saturated heterocycles. The summed E-state index contributed by atoms with van der Waals surface area (Å²) in [5.74, 6) is 5.65. The second-order valence-electron chi connectivity index (χ2n) is 3.46. The number of amides is 1. The van der Waals surface area contributed by atoms with Crippen molar-refractivity contribution >= 4 is 5.91 Å². The van der Waals surface area contributed by atoms with Crippen LogP contribution in [-0.4, -0.2) is 38.0 Å². The van der Waals surface area contributed by atoms with Crippen LogP contribution in [0.5, 0.6) is 11.5 Å². The van der Waals surface area contributed by atoms with Gasteiger partial charge in [0.1, 0.15) is 6.23 Å². The van der Waals surface area contributed by atoms with Crippen LogP contribution in [0.2, 0.25) is 0 Å². The van der Waals surface area contributed by atoms with Gasteiger partial charge < -0.3 is 19.9 Å². The van der Waals surface area contributed by atoms with Crippen molar-refractivity contribution in [1.82, 2.24) is 10.7 Å². The third kappa shape index (κ3) is 3.59. The summed E-state index contributed by atoms with van der Waals surface area (Å²) in [6.45, 7) is 0.00365. The summed E-state index contributed by atoms with van der Waals surface area (Å²) >= 11 is 0. The number of benzene rings is 1. The van der Waals surface area contributed by atoms with E-state index in [1.807, 2.05) is 0 Å². The van der Waals surface area contributed by atoms with Crippen LogP contribution in [0.3, 0.4) is 0 Å². The molecule has 5 N–H and O–H groups in total. The highest BCUT2D eigenvalue weighted by molar-refractivity contribution is 5.94. The smallest absolute Gasteiger partial charge is 0.251 e. The molecule has 0 fully saturated rings. The average molecular weight is 255 g/mol. The molecule has 0 aliphatic carbocycles. The first kappa shape index (κ1) is 14.2. The molecule has 7 heteroatoms. The van der Waals surface area contributed by atoms with E-state index in [0.717, 1.165) is 0 Å². The molecule has 100 valence electrons. The molecule has 7 nitrogen and oxygen atoms in total. The number of nitrogens with two attached hydrogens (primary N) is 1. The lowest BCUT2D eigenvalue weighted by Gasteiger charge is -2.12. The van der Waals surface area contributed by atoms with E-state index in [0.29, 0.717) is 17.1 Å². The fourth-order valence-corrected chi connectivity index (χ4v) is 1.33. The summed E-state index contributed by atoms with van der Waals surface area (Å²) in [5.41, 5.74) is 2.51. The van der Waals surface area contributed by atoms with Gasteiger partial charge in [0.15, 0.2) is 11.5 Å². The third-order valence-electron chi connectivity index (χ3n) is 2.29. The molecule has 0 spiro atoms. The summed E-state index contributed by atoms with van der Waals surface area (Å²) < 4.78 is 10.2. The number of carbonyl (C=O) groups is 1. The highest BCUT2D eigenvalue weighted by atomic mass is 16.5. The van der Waals surface area contributed by atoms with Gasteiger partial charge in [-0.1, -0.05) is 0 Å². The molecule has 0 radical (unpaired) electrons. The number of ether oxygens (including phenoxy) is 2. The lowest BCUT2D eigenvalue weighted by molar-refractivity contribution is 0.0887. The lowest BCUT2D eigenvalue weighted by atomic mass is 10.2. The third-order valence-corrected chi connectivity index (χ3v) is 2.29. The topological polar surface area (TPSA) is 106 Å². The number of aliphatic hydroxyl groups excluding tert-OH is 1. The van der Waals surface area contributed by atoms with Crippen molar-refractivity contribution in [3.63, 3.8) is 0 Å². The standard InChI is InChI=1S/C11H17N3O4/c1-17-8-4-3-7(5-9(8)18-2)11(16)13-6-10(15)14-12/h3-5,10,14-15H,6,12H2,1-2H3,(H,13,16). The molecule has 0 heterocycles. The van der Waals surface area contributed by atoms with Crippen molar-refractivity contribution in [3.05, 3.63) is 23.8 Å². The Hall–Kier alpha value is -1.83. The first-order valence-electron chi connectivity index (χ1n) is 5.26. The molecule has 0 bridgehead atoms. The monoisotopic (exact) mass is 255 g/mol. The number of hydrogen-bond donors (Lipinski definition) is 4. The Morgan fingerprint density at radius 3 is 2.61 bits per heavy atom.